The number of likely N-dealkylation sites (tertiary alicyclic amines) is 2. The summed E-state index contributed by atoms with van der Waals surface area (Å²) in [5, 5.41) is 2.55. The van der Waals surface area contributed by atoms with Gasteiger partial charge in [-0.15, -0.1) is 24.8 Å². The lowest BCUT2D eigenvalue weighted by Gasteiger charge is -2.37. The summed E-state index contributed by atoms with van der Waals surface area (Å²) in [6, 6.07) is 0.505. The van der Waals surface area contributed by atoms with Gasteiger partial charge in [0.1, 0.15) is 0 Å². The quantitative estimate of drug-likeness (QED) is 0.754. The highest BCUT2D eigenvalue weighted by atomic mass is 35.5. The molecule has 0 aromatic heterocycles. The highest BCUT2D eigenvalue weighted by Gasteiger charge is 2.29. The Balaban J connectivity index is 0.00000200. The maximum absolute atomic E-state index is 12.0. The van der Waals surface area contributed by atoms with Crippen LogP contribution in [-0.4, -0.2) is 66.9 Å². The Kier molecular flexibility index (Phi) is 9.94. The van der Waals surface area contributed by atoms with E-state index in [9.17, 15) is 9.59 Å². The lowest BCUT2D eigenvalue weighted by molar-refractivity contribution is -0.134. The molecule has 0 saturated carbocycles. The number of nitrogens with one attached hydrogen (secondary N) is 1. The Morgan fingerprint density at radius 1 is 1.10 bits per heavy atom. The predicted octanol–water partition coefficient (Wildman–Crippen LogP) is -0.00830. The van der Waals surface area contributed by atoms with Gasteiger partial charge in [0.2, 0.25) is 11.8 Å². The molecule has 2 heterocycles. The van der Waals surface area contributed by atoms with E-state index in [0.29, 0.717) is 6.04 Å². The number of nitrogens with zero attached hydrogens (tertiary/aromatic N) is 2. The molecule has 0 spiro atoms. The number of hydrogen-bond acceptors (Lipinski definition) is 4. The van der Waals surface area contributed by atoms with Gasteiger partial charge in [-0.25, -0.2) is 0 Å². The lowest BCUT2D eigenvalue weighted by Crippen LogP contribution is -2.51. The van der Waals surface area contributed by atoms with Gasteiger partial charge < -0.3 is 16.0 Å². The van der Waals surface area contributed by atoms with E-state index in [1.54, 1.807) is 0 Å². The van der Waals surface area contributed by atoms with E-state index in [1.165, 1.54) is 19.3 Å². The monoisotopic (exact) mass is 340 g/mol. The number of carbonyl (C=O) groups excluding carboxylic acids is 2. The number of carbonyl (C=O) groups is 2. The molecule has 0 bridgehead atoms. The topological polar surface area (TPSA) is 78.7 Å². The van der Waals surface area contributed by atoms with Crippen LogP contribution in [0.25, 0.3) is 0 Å². The summed E-state index contributed by atoms with van der Waals surface area (Å²) in [6.07, 6.45) is 4.78. The molecule has 0 radical (unpaired) electrons. The molecule has 2 rings (SSSR count). The van der Waals surface area contributed by atoms with Gasteiger partial charge in [-0.3, -0.25) is 14.5 Å². The Bertz CT molecular complexity index is 338. The van der Waals surface area contributed by atoms with Crippen molar-refractivity contribution in [1.29, 1.82) is 0 Å². The van der Waals surface area contributed by atoms with Crippen molar-refractivity contribution in [2.75, 3.05) is 39.3 Å². The minimum atomic E-state index is -0.276. The fraction of sp³-hybridized carbons (Fsp3) is 0.846. The molecule has 2 saturated heterocycles. The van der Waals surface area contributed by atoms with Crippen LogP contribution in [0.1, 0.15) is 25.7 Å². The first-order chi connectivity index (χ1) is 9.20. The summed E-state index contributed by atoms with van der Waals surface area (Å²) in [5.41, 5.74) is 5.20. The number of nitrogens with two attached hydrogens (primary N) is 1. The van der Waals surface area contributed by atoms with E-state index in [4.69, 9.17) is 5.73 Å². The SMILES string of the molecule is Cl.Cl.NCC(=O)NCC(=O)N1CCCC(N2CCCC2)C1. The molecule has 1 unspecified atom stereocenters. The molecule has 124 valence electrons. The van der Waals surface area contributed by atoms with Crippen LogP contribution in [0.2, 0.25) is 0 Å². The minimum Gasteiger partial charge on any atom is -0.346 e. The van der Waals surface area contributed by atoms with Crippen molar-refractivity contribution in [3.8, 4) is 0 Å². The Labute approximate surface area is 138 Å². The summed E-state index contributed by atoms with van der Waals surface area (Å²) in [4.78, 5) is 27.5. The van der Waals surface area contributed by atoms with Crippen molar-refractivity contribution < 1.29 is 9.59 Å². The van der Waals surface area contributed by atoms with Gasteiger partial charge in [0.25, 0.3) is 0 Å². The van der Waals surface area contributed by atoms with Gasteiger partial charge in [-0.2, -0.15) is 0 Å². The molecule has 0 aromatic rings. The van der Waals surface area contributed by atoms with Crippen molar-refractivity contribution >= 4 is 36.6 Å². The van der Waals surface area contributed by atoms with Crippen LogP contribution in [0.15, 0.2) is 0 Å². The molecule has 3 N–H and O–H groups in total. The van der Waals surface area contributed by atoms with Crippen molar-refractivity contribution in [2.45, 2.75) is 31.7 Å². The summed E-state index contributed by atoms with van der Waals surface area (Å²) >= 11 is 0. The Morgan fingerprint density at radius 3 is 2.38 bits per heavy atom. The lowest BCUT2D eigenvalue weighted by atomic mass is 10.0. The Morgan fingerprint density at radius 2 is 1.76 bits per heavy atom. The fourth-order valence-electron chi connectivity index (χ4n) is 2.94. The molecule has 0 aliphatic carbocycles. The number of piperidine rings is 1. The number of amides is 2. The molecule has 1 atom stereocenters. The number of halogens is 2. The fourth-order valence-corrected chi connectivity index (χ4v) is 2.94. The van der Waals surface area contributed by atoms with Crippen molar-refractivity contribution in [3.05, 3.63) is 0 Å². The van der Waals surface area contributed by atoms with Gasteiger partial charge in [0.15, 0.2) is 0 Å². The van der Waals surface area contributed by atoms with Gasteiger partial charge in [-0.1, -0.05) is 0 Å². The van der Waals surface area contributed by atoms with Gasteiger partial charge in [0, 0.05) is 19.1 Å². The first-order valence-electron chi connectivity index (χ1n) is 7.19. The van der Waals surface area contributed by atoms with E-state index in [1.807, 2.05) is 4.90 Å². The van der Waals surface area contributed by atoms with E-state index >= 15 is 0 Å². The highest BCUT2D eigenvalue weighted by molar-refractivity contribution is 5.86. The second-order valence-electron chi connectivity index (χ2n) is 5.36. The van der Waals surface area contributed by atoms with E-state index in [-0.39, 0.29) is 49.7 Å². The molecule has 0 aromatic carbocycles. The van der Waals surface area contributed by atoms with Crippen molar-refractivity contribution in [1.82, 2.24) is 15.1 Å². The molecule has 21 heavy (non-hydrogen) atoms. The maximum Gasteiger partial charge on any atom is 0.242 e. The largest absolute Gasteiger partial charge is 0.346 e. The van der Waals surface area contributed by atoms with Gasteiger partial charge in [-0.05, 0) is 38.8 Å². The van der Waals surface area contributed by atoms with E-state index in [0.717, 1.165) is 32.6 Å². The predicted molar refractivity (Wildman–Crippen MR) is 87.0 cm³/mol. The molecule has 2 aliphatic heterocycles. The zero-order valence-electron chi connectivity index (χ0n) is 12.3. The number of rotatable bonds is 4. The van der Waals surface area contributed by atoms with Gasteiger partial charge >= 0.3 is 0 Å². The first kappa shape index (κ1) is 20.4. The van der Waals surface area contributed by atoms with Crippen molar-refractivity contribution in [3.63, 3.8) is 0 Å². The minimum absolute atomic E-state index is 0. The summed E-state index contributed by atoms with van der Waals surface area (Å²) in [7, 11) is 0. The van der Waals surface area contributed by atoms with Crippen LogP contribution in [-0.2, 0) is 9.59 Å². The highest BCUT2D eigenvalue weighted by Crippen LogP contribution is 2.20. The molecule has 2 amide bonds. The summed E-state index contributed by atoms with van der Waals surface area (Å²) in [6.45, 7) is 3.94. The third-order valence-corrected chi connectivity index (χ3v) is 4.03. The average Bonchev–Trinajstić information content (AvgIpc) is 2.98. The van der Waals surface area contributed by atoms with E-state index in [2.05, 4.69) is 10.2 Å². The normalized spacial score (nSPS) is 22.1. The molecular weight excluding hydrogens is 315 g/mol. The third-order valence-electron chi connectivity index (χ3n) is 4.03. The summed E-state index contributed by atoms with van der Waals surface area (Å²) in [5.74, 6) is -0.271. The molecular formula is C13H26Cl2N4O2. The third kappa shape index (κ3) is 5.98. The van der Waals surface area contributed by atoms with Crippen LogP contribution in [0.3, 0.4) is 0 Å². The second-order valence-corrected chi connectivity index (χ2v) is 5.36. The van der Waals surface area contributed by atoms with Crippen LogP contribution < -0.4 is 11.1 Å². The van der Waals surface area contributed by atoms with Crippen LogP contribution in [0.5, 0.6) is 0 Å². The standard InChI is InChI=1S/C13H24N4O2.2ClH/c14-8-12(18)15-9-13(19)17-7-3-4-11(10-17)16-5-1-2-6-16;;/h11H,1-10,14H2,(H,15,18);2*1H. The summed E-state index contributed by atoms with van der Waals surface area (Å²) < 4.78 is 0. The maximum atomic E-state index is 12.0. The van der Waals surface area contributed by atoms with Crippen LogP contribution in [0.4, 0.5) is 0 Å². The Hall–Kier alpha value is -0.560. The van der Waals surface area contributed by atoms with Crippen LogP contribution >= 0.6 is 24.8 Å². The first-order valence-corrected chi connectivity index (χ1v) is 7.19. The zero-order valence-corrected chi connectivity index (χ0v) is 13.9. The van der Waals surface area contributed by atoms with Crippen LogP contribution in [0, 0.1) is 0 Å². The average molecular weight is 341 g/mol. The molecule has 2 fully saturated rings. The van der Waals surface area contributed by atoms with Gasteiger partial charge in [0.05, 0.1) is 13.1 Å². The molecule has 8 heteroatoms. The zero-order chi connectivity index (χ0) is 13.7. The second kappa shape index (κ2) is 10.2. The van der Waals surface area contributed by atoms with Crippen molar-refractivity contribution in [2.24, 2.45) is 5.73 Å². The van der Waals surface area contributed by atoms with E-state index < -0.39 is 0 Å². The molecule has 2 aliphatic rings. The smallest absolute Gasteiger partial charge is 0.242 e. The molecule has 6 nitrogen and oxygen atoms in total. The number of hydrogen-bond donors (Lipinski definition) is 2.